The van der Waals surface area contributed by atoms with Gasteiger partial charge in [0.25, 0.3) is 0 Å². The number of sulfone groups is 1. The van der Waals surface area contributed by atoms with Crippen LogP contribution in [0.4, 0.5) is 5.69 Å². The van der Waals surface area contributed by atoms with Gasteiger partial charge in [0.1, 0.15) is 0 Å². The molecule has 0 unspecified atom stereocenters. The molecule has 102 valence electrons. The van der Waals surface area contributed by atoms with Crippen LogP contribution in [0.15, 0.2) is 24.3 Å². The number of aryl methyl sites for hydroxylation is 1. The van der Waals surface area contributed by atoms with Crippen molar-refractivity contribution in [1.29, 1.82) is 0 Å². The number of rotatable bonds is 7. The van der Waals surface area contributed by atoms with Crippen LogP contribution in [0.2, 0.25) is 0 Å². The highest BCUT2D eigenvalue weighted by molar-refractivity contribution is 7.92. The molecule has 1 rings (SSSR count). The monoisotopic (exact) mass is 289 g/mol. The van der Waals surface area contributed by atoms with Gasteiger partial charge in [0.05, 0.1) is 11.0 Å². The van der Waals surface area contributed by atoms with E-state index in [9.17, 15) is 8.42 Å². The fourth-order valence-corrected chi connectivity index (χ4v) is 2.55. The minimum absolute atomic E-state index is 0.161. The van der Waals surface area contributed by atoms with E-state index in [1.54, 1.807) is 13.8 Å². The highest BCUT2D eigenvalue weighted by Crippen LogP contribution is 2.10. The van der Waals surface area contributed by atoms with Crippen molar-refractivity contribution in [1.82, 2.24) is 0 Å². The van der Waals surface area contributed by atoms with Crippen LogP contribution in [-0.2, 0) is 16.3 Å². The molecule has 0 atom stereocenters. The van der Waals surface area contributed by atoms with Crippen molar-refractivity contribution in [2.45, 2.75) is 25.5 Å². The largest absolute Gasteiger partial charge is 0.384 e. The van der Waals surface area contributed by atoms with Crippen LogP contribution >= 0.6 is 11.6 Å². The number of alkyl halides is 1. The average Bonchev–Trinajstić information content (AvgIpc) is 2.31. The van der Waals surface area contributed by atoms with E-state index in [-0.39, 0.29) is 11.0 Å². The van der Waals surface area contributed by atoms with Gasteiger partial charge in [0, 0.05) is 18.1 Å². The molecule has 3 nitrogen and oxygen atoms in total. The standard InChI is InChI=1S/C13H20ClNO2S/c1-11(2)18(16,17)10-9-15-13-5-3-12(4-6-13)7-8-14/h3-6,11,15H,7-10H2,1-2H3. The number of nitrogens with one attached hydrogen (secondary N) is 1. The Morgan fingerprint density at radius 1 is 1.22 bits per heavy atom. The fourth-order valence-electron chi connectivity index (χ4n) is 1.47. The minimum Gasteiger partial charge on any atom is -0.384 e. The van der Waals surface area contributed by atoms with Crippen LogP contribution in [-0.4, -0.2) is 31.8 Å². The second kappa shape index (κ2) is 7.00. The third-order valence-corrected chi connectivity index (χ3v) is 5.17. The smallest absolute Gasteiger partial charge is 0.154 e. The third-order valence-electron chi connectivity index (χ3n) is 2.77. The topological polar surface area (TPSA) is 46.2 Å². The van der Waals surface area contributed by atoms with E-state index in [4.69, 9.17) is 11.6 Å². The Kier molecular flexibility index (Phi) is 5.96. The van der Waals surface area contributed by atoms with Crippen molar-refractivity contribution in [3.05, 3.63) is 29.8 Å². The van der Waals surface area contributed by atoms with Gasteiger partial charge in [0.15, 0.2) is 9.84 Å². The summed E-state index contributed by atoms with van der Waals surface area (Å²) < 4.78 is 23.2. The van der Waals surface area contributed by atoms with Crippen LogP contribution in [0.1, 0.15) is 19.4 Å². The molecule has 1 aromatic carbocycles. The van der Waals surface area contributed by atoms with E-state index in [2.05, 4.69) is 5.32 Å². The molecule has 0 fully saturated rings. The van der Waals surface area contributed by atoms with Gasteiger partial charge in [-0.1, -0.05) is 12.1 Å². The molecular formula is C13H20ClNO2S. The summed E-state index contributed by atoms with van der Waals surface area (Å²) in [5, 5.41) is 2.80. The quantitative estimate of drug-likeness (QED) is 0.785. The molecule has 0 heterocycles. The van der Waals surface area contributed by atoms with E-state index in [1.807, 2.05) is 24.3 Å². The summed E-state index contributed by atoms with van der Waals surface area (Å²) in [7, 11) is -2.97. The number of hydrogen-bond donors (Lipinski definition) is 1. The Labute approximate surface area is 114 Å². The van der Waals surface area contributed by atoms with Gasteiger partial charge >= 0.3 is 0 Å². The van der Waals surface area contributed by atoms with Crippen LogP contribution in [0, 0.1) is 0 Å². The van der Waals surface area contributed by atoms with E-state index in [0.29, 0.717) is 12.4 Å². The van der Waals surface area contributed by atoms with Crippen molar-refractivity contribution in [3.8, 4) is 0 Å². The Balaban J connectivity index is 2.45. The molecule has 0 amide bonds. The predicted octanol–water partition coefficient (Wildman–Crippen LogP) is 2.70. The van der Waals surface area contributed by atoms with Crippen LogP contribution < -0.4 is 5.32 Å². The first-order valence-electron chi connectivity index (χ1n) is 6.06. The summed E-state index contributed by atoms with van der Waals surface area (Å²) in [6.45, 7) is 3.85. The van der Waals surface area contributed by atoms with Crippen molar-refractivity contribution in [2.75, 3.05) is 23.5 Å². The van der Waals surface area contributed by atoms with E-state index in [0.717, 1.165) is 12.1 Å². The first kappa shape index (κ1) is 15.3. The molecule has 0 spiro atoms. The van der Waals surface area contributed by atoms with Gasteiger partial charge in [-0.3, -0.25) is 0 Å². The SMILES string of the molecule is CC(C)S(=O)(=O)CCNc1ccc(CCCl)cc1. The summed E-state index contributed by atoms with van der Waals surface area (Å²) >= 11 is 5.66. The van der Waals surface area contributed by atoms with E-state index >= 15 is 0 Å². The van der Waals surface area contributed by atoms with Gasteiger partial charge in [-0.25, -0.2) is 8.42 Å². The first-order chi connectivity index (χ1) is 8.45. The Hall–Kier alpha value is -0.740. The van der Waals surface area contributed by atoms with Gasteiger partial charge in [-0.2, -0.15) is 0 Å². The molecule has 0 saturated heterocycles. The Bertz CT molecular complexity index is 454. The summed E-state index contributed by atoms with van der Waals surface area (Å²) in [6.07, 6.45) is 0.851. The van der Waals surface area contributed by atoms with Crippen LogP contribution in [0.3, 0.4) is 0 Å². The third kappa shape index (κ3) is 4.86. The first-order valence-corrected chi connectivity index (χ1v) is 8.31. The number of benzene rings is 1. The van der Waals surface area contributed by atoms with Crippen LogP contribution in [0.5, 0.6) is 0 Å². The summed E-state index contributed by atoms with van der Waals surface area (Å²) in [4.78, 5) is 0. The second-order valence-electron chi connectivity index (χ2n) is 4.48. The lowest BCUT2D eigenvalue weighted by Crippen LogP contribution is -2.22. The highest BCUT2D eigenvalue weighted by Gasteiger charge is 2.14. The highest BCUT2D eigenvalue weighted by atomic mass is 35.5. The molecule has 18 heavy (non-hydrogen) atoms. The summed E-state index contributed by atoms with van der Waals surface area (Å²) in [5.41, 5.74) is 2.12. The molecule has 0 radical (unpaired) electrons. The molecule has 1 N–H and O–H groups in total. The zero-order chi connectivity index (χ0) is 13.6. The number of anilines is 1. The molecule has 0 aliphatic heterocycles. The average molecular weight is 290 g/mol. The lowest BCUT2D eigenvalue weighted by atomic mass is 10.1. The normalized spacial score (nSPS) is 11.8. The van der Waals surface area contributed by atoms with Gasteiger partial charge in [-0.15, -0.1) is 11.6 Å². The Morgan fingerprint density at radius 3 is 2.33 bits per heavy atom. The maximum absolute atomic E-state index is 11.6. The fraction of sp³-hybridized carbons (Fsp3) is 0.538. The Morgan fingerprint density at radius 2 is 1.83 bits per heavy atom. The van der Waals surface area contributed by atoms with Crippen LogP contribution in [0.25, 0.3) is 0 Å². The molecule has 0 aliphatic carbocycles. The maximum atomic E-state index is 11.6. The van der Waals surface area contributed by atoms with Gasteiger partial charge in [-0.05, 0) is 38.0 Å². The van der Waals surface area contributed by atoms with Gasteiger partial charge < -0.3 is 5.32 Å². The van der Waals surface area contributed by atoms with Crippen molar-refractivity contribution in [3.63, 3.8) is 0 Å². The number of hydrogen-bond acceptors (Lipinski definition) is 3. The number of halogens is 1. The zero-order valence-electron chi connectivity index (χ0n) is 10.8. The van der Waals surface area contributed by atoms with E-state index < -0.39 is 9.84 Å². The second-order valence-corrected chi connectivity index (χ2v) is 7.53. The summed E-state index contributed by atoms with van der Waals surface area (Å²) in [5.74, 6) is 0.771. The van der Waals surface area contributed by atoms with Gasteiger partial charge in [0.2, 0.25) is 0 Å². The summed E-state index contributed by atoms with van der Waals surface area (Å²) in [6, 6.07) is 7.90. The zero-order valence-corrected chi connectivity index (χ0v) is 12.4. The maximum Gasteiger partial charge on any atom is 0.154 e. The predicted molar refractivity (Wildman–Crippen MR) is 78.3 cm³/mol. The van der Waals surface area contributed by atoms with Crippen molar-refractivity contribution in [2.24, 2.45) is 0 Å². The molecule has 0 bridgehead atoms. The van der Waals surface area contributed by atoms with Crippen molar-refractivity contribution < 1.29 is 8.42 Å². The molecule has 1 aromatic rings. The molecule has 0 aromatic heterocycles. The molecule has 5 heteroatoms. The lowest BCUT2D eigenvalue weighted by Gasteiger charge is -2.10. The molecule has 0 aliphatic rings. The van der Waals surface area contributed by atoms with E-state index in [1.165, 1.54) is 5.56 Å². The lowest BCUT2D eigenvalue weighted by molar-refractivity contribution is 0.588. The minimum atomic E-state index is -2.97. The van der Waals surface area contributed by atoms with Crippen molar-refractivity contribution >= 4 is 27.1 Å². The molecular weight excluding hydrogens is 270 g/mol. The molecule has 0 saturated carbocycles.